The number of benzene rings is 2. The summed E-state index contributed by atoms with van der Waals surface area (Å²) in [6.07, 6.45) is 2.01. The van der Waals surface area contributed by atoms with Crippen LogP contribution in [0.2, 0.25) is 0 Å². The molecule has 29 heavy (non-hydrogen) atoms. The van der Waals surface area contributed by atoms with Crippen molar-refractivity contribution >= 4 is 27.9 Å². The summed E-state index contributed by atoms with van der Waals surface area (Å²) < 4.78 is 30.4. The molecule has 0 saturated heterocycles. The lowest BCUT2D eigenvalue weighted by Crippen LogP contribution is -2.75. The third-order valence-electron chi connectivity index (χ3n) is 4.99. The van der Waals surface area contributed by atoms with Gasteiger partial charge in [0.25, 0.3) is 10.0 Å². The molecule has 4 rings (SSSR count). The van der Waals surface area contributed by atoms with Crippen LogP contribution in [0.15, 0.2) is 59.5 Å². The summed E-state index contributed by atoms with van der Waals surface area (Å²) in [5.74, 6) is 1.26. The summed E-state index contributed by atoms with van der Waals surface area (Å²) in [5, 5.41) is 8.57. The minimum absolute atomic E-state index is 0.0374. The van der Waals surface area contributed by atoms with Gasteiger partial charge in [-0.2, -0.15) is 9.78 Å². The summed E-state index contributed by atoms with van der Waals surface area (Å²) in [6, 6.07) is 16.7. The molecule has 0 spiro atoms. The number of aromatic nitrogens is 2. The maximum Gasteiger partial charge on any atom is 0.263 e. The average molecular weight is 410 g/mol. The van der Waals surface area contributed by atoms with Crippen molar-refractivity contribution in [2.45, 2.75) is 38.0 Å². The Balaban J connectivity index is 1.72. The minimum atomic E-state index is -3.74. The van der Waals surface area contributed by atoms with Gasteiger partial charge in [0.05, 0.1) is 15.8 Å². The van der Waals surface area contributed by atoms with Crippen LogP contribution in [0.1, 0.15) is 32.0 Å². The van der Waals surface area contributed by atoms with Gasteiger partial charge in [-0.25, -0.2) is 8.42 Å². The smallest absolute Gasteiger partial charge is 0.263 e. The van der Waals surface area contributed by atoms with E-state index >= 15 is 0 Å². The molecule has 3 N–H and O–H groups in total. The van der Waals surface area contributed by atoms with Crippen molar-refractivity contribution in [1.82, 2.24) is 9.78 Å². The quantitative estimate of drug-likeness (QED) is 0.680. The van der Waals surface area contributed by atoms with Crippen molar-refractivity contribution in [1.29, 1.82) is 0 Å². The Morgan fingerprint density at radius 1 is 1.03 bits per heavy atom. The van der Waals surface area contributed by atoms with Crippen LogP contribution in [-0.4, -0.2) is 18.2 Å². The van der Waals surface area contributed by atoms with Crippen molar-refractivity contribution in [2.75, 3.05) is 4.72 Å². The van der Waals surface area contributed by atoms with Gasteiger partial charge in [-0.1, -0.05) is 45.0 Å². The number of nitrogens with zero attached hydrogens (tertiary/aromatic N) is 2. The lowest BCUT2D eigenvalue weighted by atomic mass is 9.87. The number of nitrogens with one attached hydrogen (secondary N) is 1. The summed E-state index contributed by atoms with van der Waals surface area (Å²) in [6.45, 7) is 8.14. The van der Waals surface area contributed by atoms with Gasteiger partial charge in [0, 0.05) is 11.3 Å². The van der Waals surface area contributed by atoms with Gasteiger partial charge in [0.2, 0.25) is 5.82 Å². The molecule has 0 amide bonds. The predicted molar refractivity (Wildman–Crippen MR) is 114 cm³/mol. The van der Waals surface area contributed by atoms with Gasteiger partial charge in [-0.15, -0.1) is 0 Å². The molecule has 2 heterocycles. The van der Waals surface area contributed by atoms with Crippen LogP contribution >= 0.6 is 0 Å². The molecular weight excluding hydrogens is 384 g/mol. The normalized spacial score (nSPS) is 13.9. The Bertz CT molecular complexity index is 1300. The number of hydrogen-bond donors (Lipinski definition) is 2. The number of hydrogen-bond acceptors (Lipinski definition) is 3. The maximum atomic E-state index is 13.0. The topological polar surface area (TPSA) is 80.6 Å². The fourth-order valence-electron chi connectivity index (χ4n) is 3.41. The fourth-order valence-corrected chi connectivity index (χ4v) is 4.44. The summed E-state index contributed by atoms with van der Waals surface area (Å²) in [5.41, 5.74) is 1.78. The first-order chi connectivity index (χ1) is 13.6. The second-order valence-electron chi connectivity index (χ2n) is 8.27. The average Bonchev–Trinajstić information content (AvgIpc) is 3.23. The highest BCUT2D eigenvalue weighted by Gasteiger charge is 2.23. The van der Waals surface area contributed by atoms with Crippen molar-refractivity contribution in [2.24, 2.45) is 0 Å². The zero-order chi connectivity index (χ0) is 20.8. The molecule has 1 aliphatic heterocycles. The van der Waals surface area contributed by atoms with Gasteiger partial charge >= 0.3 is 0 Å². The van der Waals surface area contributed by atoms with E-state index in [9.17, 15) is 8.42 Å². The van der Waals surface area contributed by atoms with E-state index in [4.69, 9.17) is 0 Å². The molecule has 1 aromatic heterocycles. The molecule has 0 radical (unpaired) electrons. The van der Waals surface area contributed by atoms with E-state index in [1.54, 1.807) is 22.9 Å². The number of fused-ring (bicyclic) bond motifs is 1. The standard InChI is InChI=1S/C22H24N4O2S/c1-15-13-20(26(24-15)21-19-8-6-5-7-16(19)14-23-21)25-29(27,28)18-11-9-17(10-12-18)22(2,3)4/h5-14,23,25H,1-4H3/p+1. The molecule has 2 aromatic carbocycles. The van der Waals surface area contributed by atoms with Crippen LogP contribution < -0.4 is 20.5 Å². The van der Waals surface area contributed by atoms with Crippen LogP contribution in [0, 0.1) is 6.92 Å². The van der Waals surface area contributed by atoms with Gasteiger partial charge < -0.3 is 0 Å². The lowest BCUT2D eigenvalue weighted by Gasteiger charge is -2.19. The number of quaternary nitrogens is 1. The fraction of sp³-hybridized carbons (Fsp3) is 0.227. The van der Waals surface area contributed by atoms with Crippen molar-refractivity contribution < 1.29 is 13.7 Å². The summed E-state index contributed by atoms with van der Waals surface area (Å²) >= 11 is 0. The Kier molecular flexibility index (Phi) is 4.59. The number of rotatable bonds is 4. The summed E-state index contributed by atoms with van der Waals surface area (Å²) in [4.78, 5) is 0.225. The van der Waals surface area contributed by atoms with Crippen molar-refractivity contribution in [3.05, 3.63) is 76.3 Å². The predicted octanol–water partition coefficient (Wildman–Crippen LogP) is 1.22. The van der Waals surface area contributed by atoms with Gasteiger partial charge in [-0.05, 0) is 42.2 Å². The molecular formula is C22H25N4O2S+. The monoisotopic (exact) mass is 409 g/mol. The molecule has 150 valence electrons. The molecule has 6 nitrogen and oxygen atoms in total. The van der Waals surface area contributed by atoms with Crippen LogP contribution in [-0.2, 0) is 15.4 Å². The maximum absolute atomic E-state index is 13.0. The highest BCUT2D eigenvalue weighted by molar-refractivity contribution is 7.92. The van der Waals surface area contributed by atoms with Crippen LogP contribution in [0.5, 0.6) is 0 Å². The minimum Gasteiger partial charge on any atom is -0.270 e. The number of aryl methyl sites for hydroxylation is 1. The van der Waals surface area contributed by atoms with Crippen LogP contribution in [0.4, 0.5) is 5.82 Å². The molecule has 0 saturated carbocycles. The lowest BCUT2D eigenvalue weighted by molar-refractivity contribution is -0.454. The molecule has 0 aliphatic carbocycles. The molecule has 0 atom stereocenters. The molecule has 1 aliphatic rings. The van der Waals surface area contributed by atoms with E-state index in [0.717, 1.165) is 27.5 Å². The largest absolute Gasteiger partial charge is 0.270 e. The molecule has 0 bridgehead atoms. The zero-order valence-corrected chi connectivity index (χ0v) is 17.8. The first-order valence-electron chi connectivity index (χ1n) is 9.50. The van der Waals surface area contributed by atoms with Crippen molar-refractivity contribution in [3.63, 3.8) is 0 Å². The van der Waals surface area contributed by atoms with Crippen molar-refractivity contribution in [3.8, 4) is 0 Å². The number of nitrogens with two attached hydrogens (primary N) is 1. The Hall–Kier alpha value is -2.90. The molecule has 0 fully saturated rings. The van der Waals surface area contributed by atoms with Gasteiger partial charge in [-0.3, -0.25) is 10.0 Å². The van der Waals surface area contributed by atoms with Gasteiger partial charge in [0.1, 0.15) is 12.0 Å². The van der Waals surface area contributed by atoms with E-state index in [1.165, 1.54) is 0 Å². The highest BCUT2D eigenvalue weighted by Crippen LogP contribution is 2.24. The Morgan fingerprint density at radius 3 is 2.41 bits per heavy atom. The van der Waals surface area contributed by atoms with Crippen LogP contribution in [0.3, 0.4) is 0 Å². The van der Waals surface area contributed by atoms with E-state index < -0.39 is 10.0 Å². The second-order valence-corrected chi connectivity index (χ2v) is 9.95. The van der Waals surface area contributed by atoms with E-state index in [0.29, 0.717) is 5.82 Å². The van der Waals surface area contributed by atoms with E-state index in [1.807, 2.05) is 54.8 Å². The number of sulfonamides is 1. The zero-order valence-electron chi connectivity index (χ0n) is 17.0. The Labute approximate surface area is 170 Å². The number of anilines is 1. The molecule has 7 heteroatoms. The Morgan fingerprint density at radius 2 is 1.72 bits per heavy atom. The van der Waals surface area contributed by atoms with Gasteiger partial charge in [0.15, 0.2) is 0 Å². The molecule has 0 unspecified atom stereocenters. The second kappa shape index (κ2) is 6.86. The highest BCUT2D eigenvalue weighted by atomic mass is 32.2. The SMILES string of the molecule is Cc1cc(NS(=O)(=O)c2ccc(C(C)(C)C)cc2)n(C2=c3ccccc3=C[NH2+]2)n1. The summed E-state index contributed by atoms with van der Waals surface area (Å²) in [7, 11) is -3.74. The van der Waals surface area contributed by atoms with E-state index in [-0.39, 0.29) is 10.3 Å². The van der Waals surface area contributed by atoms with E-state index in [2.05, 4.69) is 30.6 Å². The first kappa shape index (κ1) is 19.4. The third-order valence-corrected chi connectivity index (χ3v) is 6.36. The van der Waals surface area contributed by atoms with Crippen LogP contribution in [0.25, 0.3) is 12.0 Å². The molecule has 3 aromatic rings. The third kappa shape index (κ3) is 3.71. The first-order valence-corrected chi connectivity index (χ1v) is 11.0.